The van der Waals surface area contributed by atoms with Gasteiger partial charge in [-0.2, -0.15) is 0 Å². The molecule has 2 aromatic carbocycles. The Morgan fingerprint density at radius 1 is 1.17 bits per heavy atom. The van der Waals surface area contributed by atoms with Gasteiger partial charge in [0, 0.05) is 5.69 Å². The van der Waals surface area contributed by atoms with Crippen LogP contribution in [-0.4, -0.2) is 27.2 Å². The number of hydrogen-bond donors (Lipinski definition) is 1. The Kier molecular flexibility index (Phi) is 4.57. The van der Waals surface area contributed by atoms with E-state index in [0.717, 1.165) is 23.3 Å². The number of nitrogens with one attached hydrogen (secondary N) is 1. The van der Waals surface area contributed by atoms with Crippen LogP contribution < -0.4 is 10.1 Å². The van der Waals surface area contributed by atoms with Gasteiger partial charge in [-0.1, -0.05) is 12.1 Å². The van der Waals surface area contributed by atoms with E-state index in [1.807, 2.05) is 6.07 Å². The van der Waals surface area contributed by atoms with Gasteiger partial charge in [0.25, 0.3) is 0 Å². The topological polar surface area (TPSA) is 72.5 Å². The third kappa shape index (κ3) is 3.59. The summed E-state index contributed by atoms with van der Waals surface area (Å²) in [6.07, 6.45) is 1.58. The van der Waals surface area contributed by atoms with Crippen LogP contribution in [0.4, 0.5) is 5.69 Å². The first-order valence-electron chi connectivity index (χ1n) is 7.76. The monoisotopic (exact) mass is 345 g/mol. The number of amides is 1. The van der Waals surface area contributed by atoms with Gasteiger partial charge in [-0.15, -0.1) is 0 Å². The Morgan fingerprint density at radius 2 is 1.92 bits per heavy atom. The molecule has 0 unspecified atom stereocenters. The van der Waals surface area contributed by atoms with E-state index in [9.17, 15) is 13.2 Å². The number of ether oxygens (including phenoxy) is 1. The highest BCUT2D eigenvalue weighted by atomic mass is 32.2. The molecule has 1 N–H and O–H groups in total. The van der Waals surface area contributed by atoms with Crippen LogP contribution in [-0.2, 0) is 27.5 Å². The van der Waals surface area contributed by atoms with Gasteiger partial charge < -0.3 is 10.1 Å². The standard InChI is InChI=1S/C18H19NO4S/c1-23-16-7-5-15(6-8-16)19-18(20)12-13-4-9-17-14(11-13)3-2-10-24(17,21)22/h4-9,11H,2-3,10,12H2,1H3,(H,19,20). The molecule has 0 saturated carbocycles. The molecular formula is C18H19NO4S. The van der Waals surface area contributed by atoms with Gasteiger partial charge in [0.1, 0.15) is 5.75 Å². The molecule has 0 bridgehead atoms. The van der Waals surface area contributed by atoms with E-state index in [1.165, 1.54) is 0 Å². The minimum Gasteiger partial charge on any atom is -0.497 e. The Hall–Kier alpha value is -2.34. The molecule has 0 radical (unpaired) electrons. The first kappa shape index (κ1) is 16.5. The summed E-state index contributed by atoms with van der Waals surface area (Å²) in [5.41, 5.74) is 2.33. The third-order valence-corrected chi connectivity index (χ3v) is 5.95. The molecule has 6 heteroatoms. The highest BCUT2D eigenvalue weighted by Crippen LogP contribution is 2.26. The van der Waals surface area contributed by atoms with Crippen molar-refractivity contribution in [3.63, 3.8) is 0 Å². The zero-order valence-electron chi connectivity index (χ0n) is 13.4. The van der Waals surface area contributed by atoms with Crippen molar-refractivity contribution in [1.29, 1.82) is 0 Å². The minimum absolute atomic E-state index is 0.140. The largest absolute Gasteiger partial charge is 0.497 e. The predicted octanol–water partition coefficient (Wildman–Crippen LogP) is 2.60. The number of sulfone groups is 1. The molecule has 0 spiro atoms. The van der Waals surface area contributed by atoms with E-state index >= 15 is 0 Å². The number of hydrogen-bond acceptors (Lipinski definition) is 4. The zero-order valence-corrected chi connectivity index (χ0v) is 14.2. The highest BCUT2D eigenvalue weighted by Gasteiger charge is 2.23. The fraction of sp³-hybridized carbons (Fsp3) is 0.278. The maximum Gasteiger partial charge on any atom is 0.228 e. The van der Waals surface area contributed by atoms with Gasteiger partial charge in [-0.3, -0.25) is 4.79 Å². The van der Waals surface area contributed by atoms with Crippen LogP contribution >= 0.6 is 0 Å². The second kappa shape index (κ2) is 6.65. The zero-order chi connectivity index (χ0) is 17.2. The second-order valence-electron chi connectivity index (χ2n) is 5.82. The van der Waals surface area contributed by atoms with Crippen LogP contribution in [0.2, 0.25) is 0 Å². The third-order valence-electron chi connectivity index (χ3n) is 4.06. The van der Waals surface area contributed by atoms with E-state index in [1.54, 1.807) is 43.5 Å². The lowest BCUT2D eigenvalue weighted by Gasteiger charge is -2.17. The SMILES string of the molecule is COc1ccc(NC(=O)Cc2ccc3c(c2)CCCS3(=O)=O)cc1. The molecule has 0 aliphatic carbocycles. The summed E-state index contributed by atoms with van der Waals surface area (Å²) in [5, 5.41) is 2.83. The quantitative estimate of drug-likeness (QED) is 0.924. The van der Waals surface area contributed by atoms with Gasteiger partial charge in [0.05, 0.1) is 24.2 Å². The van der Waals surface area contributed by atoms with Gasteiger partial charge in [0.2, 0.25) is 5.91 Å². The lowest BCUT2D eigenvalue weighted by molar-refractivity contribution is -0.115. The van der Waals surface area contributed by atoms with Crippen LogP contribution in [0.5, 0.6) is 5.75 Å². The number of anilines is 1. The van der Waals surface area contributed by atoms with Crippen LogP contribution in [0.1, 0.15) is 17.5 Å². The fourth-order valence-corrected chi connectivity index (χ4v) is 4.45. The van der Waals surface area contributed by atoms with E-state index in [2.05, 4.69) is 5.32 Å². The number of methoxy groups -OCH3 is 1. The van der Waals surface area contributed by atoms with Crippen molar-refractivity contribution in [2.24, 2.45) is 0 Å². The second-order valence-corrected chi connectivity index (χ2v) is 7.90. The first-order valence-corrected chi connectivity index (χ1v) is 9.41. The molecule has 5 nitrogen and oxygen atoms in total. The average Bonchev–Trinajstić information content (AvgIpc) is 2.55. The molecule has 2 aromatic rings. The lowest BCUT2D eigenvalue weighted by Crippen LogP contribution is -2.18. The average molecular weight is 345 g/mol. The molecule has 0 fully saturated rings. The molecule has 3 rings (SSSR count). The van der Waals surface area contributed by atoms with Crippen molar-refractivity contribution < 1.29 is 17.9 Å². The molecular weight excluding hydrogens is 326 g/mol. The maximum absolute atomic E-state index is 12.2. The highest BCUT2D eigenvalue weighted by molar-refractivity contribution is 7.91. The van der Waals surface area contributed by atoms with E-state index in [4.69, 9.17) is 4.74 Å². The summed E-state index contributed by atoms with van der Waals surface area (Å²) in [4.78, 5) is 12.6. The molecule has 1 aliphatic rings. The normalized spacial score (nSPS) is 15.4. The van der Waals surface area contributed by atoms with Gasteiger partial charge in [-0.25, -0.2) is 8.42 Å². The smallest absolute Gasteiger partial charge is 0.228 e. The molecule has 0 atom stereocenters. The summed E-state index contributed by atoms with van der Waals surface area (Å²) in [6, 6.07) is 12.3. The summed E-state index contributed by atoms with van der Waals surface area (Å²) >= 11 is 0. The minimum atomic E-state index is -3.15. The Morgan fingerprint density at radius 3 is 2.62 bits per heavy atom. The van der Waals surface area contributed by atoms with Crippen LogP contribution in [0.15, 0.2) is 47.4 Å². The number of fused-ring (bicyclic) bond motifs is 1. The molecule has 1 heterocycles. The predicted molar refractivity (Wildman–Crippen MR) is 92.1 cm³/mol. The Labute approximate surface area is 141 Å². The maximum atomic E-state index is 12.2. The van der Waals surface area contributed by atoms with Crippen molar-refractivity contribution in [2.75, 3.05) is 18.2 Å². The molecule has 0 saturated heterocycles. The van der Waals surface area contributed by atoms with Crippen LogP contribution in [0, 0.1) is 0 Å². The van der Waals surface area contributed by atoms with Crippen LogP contribution in [0.3, 0.4) is 0 Å². The lowest BCUT2D eigenvalue weighted by atomic mass is 10.0. The summed E-state index contributed by atoms with van der Waals surface area (Å²) in [5.74, 6) is 0.791. The van der Waals surface area contributed by atoms with Gasteiger partial charge in [-0.05, 0) is 54.3 Å². The van der Waals surface area contributed by atoms with Crippen molar-refractivity contribution in [1.82, 2.24) is 0 Å². The van der Waals surface area contributed by atoms with Gasteiger partial charge in [0.15, 0.2) is 9.84 Å². The number of carbonyl (C=O) groups is 1. The van der Waals surface area contributed by atoms with E-state index in [0.29, 0.717) is 17.0 Å². The summed E-state index contributed by atoms with van der Waals surface area (Å²) in [7, 11) is -1.57. The number of aryl methyl sites for hydroxylation is 1. The number of benzene rings is 2. The van der Waals surface area contributed by atoms with Crippen LogP contribution in [0.25, 0.3) is 0 Å². The number of rotatable bonds is 4. The fourth-order valence-electron chi connectivity index (χ4n) is 2.87. The van der Waals surface area contributed by atoms with Gasteiger partial charge >= 0.3 is 0 Å². The Bertz CT molecular complexity index is 857. The summed E-state index contributed by atoms with van der Waals surface area (Å²) in [6.45, 7) is 0. The number of carbonyl (C=O) groups excluding carboxylic acids is 1. The van der Waals surface area contributed by atoms with E-state index in [-0.39, 0.29) is 18.1 Å². The molecule has 1 aliphatic heterocycles. The molecule has 1 amide bonds. The van der Waals surface area contributed by atoms with Crippen molar-refractivity contribution in [3.05, 3.63) is 53.6 Å². The molecule has 0 aromatic heterocycles. The molecule has 126 valence electrons. The Balaban J connectivity index is 1.70. The van der Waals surface area contributed by atoms with Crippen molar-refractivity contribution in [2.45, 2.75) is 24.2 Å². The first-order chi connectivity index (χ1) is 11.5. The van der Waals surface area contributed by atoms with Crippen molar-refractivity contribution in [3.8, 4) is 5.75 Å². The summed E-state index contributed by atoms with van der Waals surface area (Å²) < 4.78 is 29.1. The van der Waals surface area contributed by atoms with Crippen molar-refractivity contribution >= 4 is 21.4 Å². The molecule has 24 heavy (non-hydrogen) atoms. The van der Waals surface area contributed by atoms with E-state index < -0.39 is 9.84 Å².